The second-order valence-electron chi connectivity index (χ2n) is 4.63. The molecule has 0 bridgehead atoms. The van der Waals surface area contributed by atoms with Crippen LogP contribution in [0.4, 0.5) is 0 Å². The summed E-state index contributed by atoms with van der Waals surface area (Å²) < 4.78 is 0. The van der Waals surface area contributed by atoms with Gasteiger partial charge in [-0.25, -0.2) is 0 Å². The van der Waals surface area contributed by atoms with Crippen LogP contribution in [0.25, 0.3) is 0 Å². The van der Waals surface area contributed by atoms with Gasteiger partial charge in [0.25, 0.3) is 5.91 Å². The molecule has 0 spiro atoms. The lowest BCUT2D eigenvalue weighted by molar-refractivity contribution is -0.131. The molecular weight excluding hydrogens is 313 g/mol. The van der Waals surface area contributed by atoms with Crippen molar-refractivity contribution in [1.29, 1.82) is 5.26 Å². The highest BCUT2D eigenvalue weighted by Crippen LogP contribution is 2.22. The summed E-state index contributed by atoms with van der Waals surface area (Å²) in [6.45, 7) is 1.67. The molecule has 0 radical (unpaired) electrons. The predicted octanol–water partition coefficient (Wildman–Crippen LogP) is 2.19. The first kappa shape index (κ1) is 15.6. The van der Waals surface area contributed by atoms with Crippen LogP contribution in [0.1, 0.15) is 16.8 Å². The highest BCUT2D eigenvalue weighted by atomic mass is 35.5. The van der Waals surface area contributed by atoms with Gasteiger partial charge in [-0.3, -0.25) is 9.59 Å². The minimum atomic E-state index is -0.203. The van der Waals surface area contributed by atoms with E-state index < -0.39 is 0 Å². The Morgan fingerprint density at radius 3 is 2.38 bits per heavy atom. The third-order valence-corrected chi connectivity index (χ3v) is 3.87. The van der Waals surface area contributed by atoms with Crippen molar-refractivity contribution in [2.45, 2.75) is 6.42 Å². The van der Waals surface area contributed by atoms with Crippen molar-refractivity contribution in [3.05, 3.63) is 33.8 Å². The average molecular weight is 326 g/mol. The highest BCUT2D eigenvalue weighted by Gasteiger charge is 2.25. The van der Waals surface area contributed by atoms with Crippen molar-refractivity contribution < 1.29 is 9.59 Å². The molecule has 2 rings (SSSR count). The molecule has 1 aromatic carbocycles. The quantitative estimate of drug-likeness (QED) is 0.837. The zero-order chi connectivity index (χ0) is 15.4. The fourth-order valence-corrected chi connectivity index (χ4v) is 2.54. The first-order valence-corrected chi connectivity index (χ1v) is 7.17. The van der Waals surface area contributed by atoms with E-state index in [-0.39, 0.29) is 18.2 Å². The highest BCUT2D eigenvalue weighted by molar-refractivity contribution is 6.35. The lowest BCUT2D eigenvalue weighted by Crippen LogP contribution is -2.50. The summed E-state index contributed by atoms with van der Waals surface area (Å²) in [6.07, 6.45) is -0.131. The van der Waals surface area contributed by atoms with Gasteiger partial charge in [-0.1, -0.05) is 23.2 Å². The maximum atomic E-state index is 12.4. The zero-order valence-electron chi connectivity index (χ0n) is 11.2. The van der Waals surface area contributed by atoms with Crippen LogP contribution in [0.5, 0.6) is 0 Å². The summed E-state index contributed by atoms with van der Waals surface area (Å²) >= 11 is 11.9. The number of carbonyl (C=O) groups is 2. The molecule has 1 aliphatic heterocycles. The summed E-state index contributed by atoms with van der Waals surface area (Å²) in [7, 11) is 0. The number of rotatable bonds is 2. The van der Waals surface area contributed by atoms with E-state index >= 15 is 0 Å². The standard InChI is InChI=1S/C14H13Cl2N3O2/c15-10-1-2-12(16)11(9-10)14(21)19-7-5-18(6-8-19)13(20)3-4-17/h1-2,9H,3,5-8H2. The van der Waals surface area contributed by atoms with E-state index in [4.69, 9.17) is 28.5 Å². The van der Waals surface area contributed by atoms with Crippen molar-refractivity contribution in [2.24, 2.45) is 0 Å². The smallest absolute Gasteiger partial charge is 0.255 e. The largest absolute Gasteiger partial charge is 0.338 e. The molecule has 0 aliphatic carbocycles. The van der Waals surface area contributed by atoms with Crippen molar-refractivity contribution in [3.8, 4) is 6.07 Å². The maximum Gasteiger partial charge on any atom is 0.255 e. The molecule has 5 nitrogen and oxygen atoms in total. The van der Waals surface area contributed by atoms with Crippen LogP contribution in [-0.2, 0) is 4.79 Å². The molecule has 2 amide bonds. The summed E-state index contributed by atoms with van der Waals surface area (Å²) in [5, 5.41) is 9.33. The molecule has 21 heavy (non-hydrogen) atoms. The Morgan fingerprint density at radius 1 is 1.14 bits per heavy atom. The molecule has 1 heterocycles. The third-order valence-electron chi connectivity index (χ3n) is 3.31. The molecule has 1 aromatic rings. The Balaban J connectivity index is 2.02. The van der Waals surface area contributed by atoms with Gasteiger partial charge in [-0.05, 0) is 18.2 Å². The number of nitrogens with zero attached hydrogens (tertiary/aromatic N) is 3. The minimum Gasteiger partial charge on any atom is -0.338 e. The van der Waals surface area contributed by atoms with Gasteiger partial charge < -0.3 is 9.80 Å². The second kappa shape index (κ2) is 6.79. The van der Waals surface area contributed by atoms with Gasteiger partial charge in [0, 0.05) is 31.2 Å². The summed E-state index contributed by atoms with van der Waals surface area (Å²) in [5.41, 5.74) is 0.362. The van der Waals surface area contributed by atoms with E-state index in [1.54, 1.807) is 28.0 Å². The van der Waals surface area contributed by atoms with Crippen LogP contribution in [-0.4, -0.2) is 47.8 Å². The Hall–Kier alpha value is -1.77. The molecule has 0 aromatic heterocycles. The summed E-state index contributed by atoms with van der Waals surface area (Å²) in [6, 6.07) is 6.59. The molecular formula is C14H13Cl2N3O2. The number of hydrogen-bond donors (Lipinski definition) is 0. The first-order valence-electron chi connectivity index (χ1n) is 6.42. The lowest BCUT2D eigenvalue weighted by Gasteiger charge is -2.34. The van der Waals surface area contributed by atoms with Gasteiger partial charge in [0.15, 0.2) is 0 Å². The molecule has 1 aliphatic rings. The normalized spacial score (nSPS) is 14.7. The van der Waals surface area contributed by atoms with Gasteiger partial charge >= 0.3 is 0 Å². The fraction of sp³-hybridized carbons (Fsp3) is 0.357. The molecule has 0 unspecified atom stereocenters. The fourth-order valence-electron chi connectivity index (χ4n) is 2.17. The zero-order valence-corrected chi connectivity index (χ0v) is 12.7. The number of hydrogen-bond acceptors (Lipinski definition) is 3. The second-order valence-corrected chi connectivity index (χ2v) is 5.48. The van der Waals surface area contributed by atoms with E-state index in [1.165, 1.54) is 0 Å². The Morgan fingerprint density at radius 2 is 1.76 bits per heavy atom. The van der Waals surface area contributed by atoms with Crippen molar-refractivity contribution in [1.82, 2.24) is 9.80 Å². The van der Waals surface area contributed by atoms with Crippen LogP contribution in [0.15, 0.2) is 18.2 Å². The van der Waals surface area contributed by atoms with Crippen LogP contribution < -0.4 is 0 Å². The van der Waals surface area contributed by atoms with E-state index in [2.05, 4.69) is 0 Å². The summed E-state index contributed by atoms with van der Waals surface area (Å²) in [4.78, 5) is 27.2. The number of benzene rings is 1. The Kier molecular flexibility index (Phi) is 5.05. The van der Waals surface area contributed by atoms with E-state index in [9.17, 15) is 9.59 Å². The first-order chi connectivity index (χ1) is 10.0. The van der Waals surface area contributed by atoms with Crippen molar-refractivity contribution in [3.63, 3.8) is 0 Å². The third kappa shape index (κ3) is 3.66. The van der Waals surface area contributed by atoms with Crippen LogP contribution in [0, 0.1) is 11.3 Å². The van der Waals surface area contributed by atoms with Gasteiger partial charge in [0.05, 0.1) is 16.7 Å². The number of halogens is 2. The van der Waals surface area contributed by atoms with Crippen molar-refractivity contribution in [2.75, 3.05) is 26.2 Å². The number of carbonyl (C=O) groups excluding carboxylic acids is 2. The minimum absolute atomic E-state index is 0.131. The molecule has 0 saturated carbocycles. The van der Waals surface area contributed by atoms with Gasteiger partial charge in [0.2, 0.25) is 5.91 Å². The molecule has 1 saturated heterocycles. The van der Waals surface area contributed by atoms with Gasteiger partial charge in [-0.2, -0.15) is 5.26 Å². The van der Waals surface area contributed by atoms with Crippen molar-refractivity contribution >= 4 is 35.0 Å². The van der Waals surface area contributed by atoms with Gasteiger partial charge in [0.1, 0.15) is 6.42 Å². The monoisotopic (exact) mass is 325 g/mol. The van der Waals surface area contributed by atoms with Crippen LogP contribution >= 0.6 is 23.2 Å². The Labute approximate surface area is 132 Å². The average Bonchev–Trinajstić information content (AvgIpc) is 2.49. The van der Waals surface area contributed by atoms with E-state index in [0.29, 0.717) is 41.8 Å². The number of nitriles is 1. The van der Waals surface area contributed by atoms with E-state index in [0.717, 1.165) is 0 Å². The number of amides is 2. The molecule has 1 fully saturated rings. The lowest BCUT2D eigenvalue weighted by atomic mass is 10.1. The SMILES string of the molecule is N#CCC(=O)N1CCN(C(=O)c2cc(Cl)ccc2Cl)CC1. The molecule has 0 atom stereocenters. The molecule has 7 heteroatoms. The Bertz CT molecular complexity index is 605. The number of piperazine rings is 1. The van der Waals surface area contributed by atoms with E-state index in [1.807, 2.05) is 6.07 Å². The topological polar surface area (TPSA) is 64.4 Å². The maximum absolute atomic E-state index is 12.4. The van der Waals surface area contributed by atoms with Crippen LogP contribution in [0.2, 0.25) is 10.0 Å². The predicted molar refractivity (Wildman–Crippen MR) is 79.2 cm³/mol. The molecule has 0 N–H and O–H groups in total. The molecule has 110 valence electrons. The summed E-state index contributed by atoms with van der Waals surface area (Å²) in [5.74, 6) is -0.403. The van der Waals surface area contributed by atoms with Crippen LogP contribution in [0.3, 0.4) is 0 Å². The van der Waals surface area contributed by atoms with Gasteiger partial charge in [-0.15, -0.1) is 0 Å².